The Morgan fingerprint density at radius 2 is 1.68 bits per heavy atom. The van der Waals surface area contributed by atoms with Crippen LogP contribution < -0.4 is 5.32 Å². The van der Waals surface area contributed by atoms with Crippen LogP contribution in [-0.4, -0.2) is 19.8 Å². The van der Waals surface area contributed by atoms with Gasteiger partial charge in [0.1, 0.15) is 16.7 Å². The third kappa shape index (κ3) is 4.22. The van der Waals surface area contributed by atoms with Crippen molar-refractivity contribution >= 4 is 46.1 Å². The molecular weight excluding hydrogens is 394 g/mol. The highest BCUT2D eigenvalue weighted by Crippen LogP contribution is 2.43. The smallest absolute Gasteiger partial charge is 0.334 e. The van der Waals surface area contributed by atoms with Crippen molar-refractivity contribution in [2.24, 2.45) is 0 Å². The zero-order valence-electron chi connectivity index (χ0n) is 11.5. The van der Waals surface area contributed by atoms with Gasteiger partial charge in [-0.2, -0.15) is 13.2 Å². The molecular formula is C11H4Cl2F3N5O4. The van der Waals surface area contributed by atoms with Gasteiger partial charge in [-0.15, -0.1) is 0 Å². The Balaban J connectivity index is 2.72. The predicted molar refractivity (Wildman–Crippen MR) is 80.1 cm³/mol. The second-order valence-corrected chi connectivity index (χ2v) is 5.09. The van der Waals surface area contributed by atoms with Crippen molar-refractivity contribution in [2.75, 3.05) is 5.32 Å². The molecule has 0 amide bonds. The van der Waals surface area contributed by atoms with Crippen LogP contribution in [0.3, 0.4) is 0 Å². The Labute approximate surface area is 145 Å². The molecule has 9 nitrogen and oxygen atoms in total. The van der Waals surface area contributed by atoms with Crippen LogP contribution in [-0.2, 0) is 6.18 Å². The van der Waals surface area contributed by atoms with Gasteiger partial charge in [0.15, 0.2) is 0 Å². The Bertz CT molecular complexity index is 857. The molecule has 0 aliphatic rings. The van der Waals surface area contributed by atoms with Gasteiger partial charge in [0, 0.05) is 12.1 Å². The number of nitro benzene ring substituents is 2. The molecule has 1 aromatic heterocycles. The molecule has 1 N–H and O–H groups in total. The summed E-state index contributed by atoms with van der Waals surface area (Å²) in [5, 5.41) is 23.3. The van der Waals surface area contributed by atoms with Crippen LogP contribution in [0.5, 0.6) is 0 Å². The van der Waals surface area contributed by atoms with Crippen molar-refractivity contribution < 1.29 is 23.0 Å². The van der Waals surface area contributed by atoms with E-state index in [0.717, 1.165) is 6.07 Å². The molecule has 0 radical (unpaired) electrons. The topological polar surface area (TPSA) is 124 Å². The minimum absolute atomic E-state index is 0.166. The standard InChI is InChI=1S/C11H4Cl2F3N5O4/c12-7-3-8(19-10(13)17-7)18-9-5(11(14,15)16)1-4(20(22)23)2-6(9)21(24)25/h1-3H,(H,17,18,19). The van der Waals surface area contributed by atoms with E-state index >= 15 is 0 Å². The highest BCUT2D eigenvalue weighted by molar-refractivity contribution is 6.32. The number of halogens is 5. The number of nitro groups is 2. The first-order valence-electron chi connectivity index (χ1n) is 6.00. The van der Waals surface area contributed by atoms with Crippen molar-refractivity contribution in [1.29, 1.82) is 0 Å². The minimum Gasteiger partial charge on any atom is -0.334 e. The van der Waals surface area contributed by atoms with Crippen LogP contribution >= 0.6 is 23.2 Å². The molecule has 0 atom stereocenters. The largest absolute Gasteiger partial charge is 0.418 e. The fourth-order valence-electron chi connectivity index (χ4n) is 1.80. The summed E-state index contributed by atoms with van der Waals surface area (Å²) in [6.45, 7) is 0. The van der Waals surface area contributed by atoms with Gasteiger partial charge in [-0.3, -0.25) is 20.2 Å². The summed E-state index contributed by atoms with van der Waals surface area (Å²) in [7, 11) is 0. The Morgan fingerprint density at radius 3 is 2.16 bits per heavy atom. The van der Waals surface area contributed by atoms with Crippen LogP contribution in [0.25, 0.3) is 0 Å². The van der Waals surface area contributed by atoms with Gasteiger partial charge in [0.25, 0.3) is 11.4 Å². The zero-order chi connectivity index (χ0) is 18.9. The molecule has 0 saturated carbocycles. The van der Waals surface area contributed by atoms with E-state index in [1.54, 1.807) is 0 Å². The van der Waals surface area contributed by atoms with Gasteiger partial charge >= 0.3 is 6.18 Å². The highest BCUT2D eigenvalue weighted by atomic mass is 35.5. The average molecular weight is 398 g/mol. The van der Waals surface area contributed by atoms with Crippen LogP contribution in [0.15, 0.2) is 18.2 Å². The number of hydrogen-bond donors (Lipinski definition) is 1. The summed E-state index contributed by atoms with van der Waals surface area (Å²) in [6.07, 6.45) is -5.13. The maximum Gasteiger partial charge on any atom is 0.418 e. The maximum atomic E-state index is 13.2. The molecule has 2 aromatic rings. The summed E-state index contributed by atoms with van der Waals surface area (Å²) in [5.41, 5.74) is -4.94. The van der Waals surface area contributed by atoms with Gasteiger partial charge in [-0.05, 0) is 11.6 Å². The molecule has 25 heavy (non-hydrogen) atoms. The van der Waals surface area contributed by atoms with E-state index in [1.807, 2.05) is 0 Å². The highest BCUT2D eigenvalue weighted by Gasteiger charge is 2.39. The first kappa shape index (κ1) is 18.6. The molecule has 0 bridgehead atoms. The number of nitrogens with one attached hydrogen (secondary N) is 1. The van der Waals surface area contributed by atoms with E-state index in [0.29, 0.717) is 6.07 Å². The van der Waals surface area contributed by atoms with Gasteiger partial charge in [0.05, 0.1) is 21.5 Å². The molecule has 0 saturated heterocycles. The molecule has 2 rings (SSSR count). The SMILES string of the molecule is O=[N+]([O-])c1cc([N+](=O)[O-])c(Nc2cc(Cl)nc(Cl)n2)c(C(F)(F)F)c1. The number of alkyl halides is 3. The summed E-state index contributed by atoms with van der Waals surface area (Å²) in [5.74, 6) is -0.368. The van der Waals surface area contributed by atoms with Crippen LogP contribution in [0.4, 0.5) is 36.1 Å². The Hall–Kier alpha value is -2.73. The molecule has 0 aliphatic heterocycles. The fourth-order valence-corrected chi connectivity index (χ4v) is 2.21. The third-order valence-corrected chi connectivity index (χ3v) is 3.10. The molecule has 14 heteroatoms. The van der Waals surface area contributed by atoms with E-state index in [2.05, 4.69) is 15.3 Å². The van der Waals surface area contributed by atoms with Crippen molar-refractivity contribution in [3.63, 3.8) is 0 Å². The van der Waals surface area contributed by atoms with E-state index < -0.39 is 43.9 Å². The normalized spacial score (nSPS) is 11.2. The molecule has 0 spiro atoms. The number of nitrogens with zero attached hydrogens (tertiary/aromatic N) is 4. The number of non-ortho nitro benzene ring substituents is 1. The molecule has 1 aromatic carbocycles. The molecule has 0 unspecified atom stereocenters. The lowest BCUT2D eigenvalue weighted by atomic mass is 10.1. The Kier molecular flexibility index (Phi) is 4.94. The number of rotatable bonds is 4. The monoisotopic (exact) mass is 397 g/mol. The first-order valence-corrected chi connectivity index (χ1v) is 6.75. The van der Waals surface area contributed by atoms with Crippen LogP contribution in [0.2, 0.25) is 10.4 Å². The quantitative estimate of drug-likeness (QED) is 0.351. The van der Waals surface area contributed by atoms with Crippen LogP contribution in [0.1, 0.15) is 5.56 Å². The second-order valence-electron chi connectivity index (χ2n) is 4.37. The van der Waals surface area contributed by atoms with Gasteiger partial charge in [-0.25, -0.2) is 9.97 Å². The number of anilines is 2. The van der Waals surface area contributed by atoms with Gasteiger partial charge in [-0.1, -0.05) is 11.6 Å². The lowest BCUT2D eigenvalue weighted by Crippen LogP contribution is -2.12. The number of aromatic nitrogens is 2. The van der Waals surface area contributed by atoms with Crippen LogP contribution in [0, 0.1) is 20.2 Å². The van der Waals surface area contributed by atoms with Crippen molar-refractivity contribution in [3.8, 4) is 0 Å². The zero-order valence-corrected chi connectivity index (χ0v) is 13.1. The second kappa shape index (κ2) is 6.64. The molecule has 0 aliphatic carbocycles. The van der Waals surface area contributed by atoms with Gasteiger partial charge < -0.3 is 5.32 Å². The third-order valence-electron chi connectivity index (χ3n) is 2.74. The minimum atomic E-state index is -5.13. The number of hydrogen-bond acceptors (Lipinski definition) is 7. The average Bonchev–Trinajstić information content (AvgIpc) is 2.44. The summed E-state index contributed by atoms with van der Waals surface area (Å²) < 4.78 is 39.7. The molecule has 132 valence electrons. The fraction of sp³-hybridized carbons (Fsp3) is 0.0909. The Morgan fingerprint density at radius 1 is 1.04 bits per heavy atom. The van der Waals surface area contributed by atoms with Crippen molar-refractivity contribution in [3.05, 3.63) is 54.4 Å². The maximum absolute atomic E-state index is 13.2. The number of benzene rings is 1. The van der Waals surface area contributed by atoms with E-state index in [9.17, 15) is 33.4 Å². The summed E-state index contributed by atoms with van der Waals surface area (Å²) in [6, 6.07) is 1.53. The summed E-state index contributed by atoms with van der Waals surface area (Å²) in [4.78, 5) is 26.5. The first-order chi connectivity index (χ1) is 11.5. The van der Waals surface area contributed by atoms with Gasteiger partial charge in [0.2, 0.25) is 5.28 Å². The van der Waals surface area contributed by atoms with E-state index in [4.69, 9.17) is 23.2 Å². The lowest BCUT2D eigenvalue weighted by Gasteiger charge is -2.14. The molecule has 1 heterocycles. The predicted octanol–water partition coefficient (Wildman–Crippen LogP) is 4.36. The summed E-state index contributed by atoms with van der Waals surface area (Å²) >= 11 is 11.1. The van der Waals surface area contributed by atoms with E-state index in [-0.39, 0.29) is 17.0 Å². The molecule has 0 fully saturated rings. The van der Waals surface area contributed by atoms with Crippen molar-refractivity contribution in [1.82, 2.24) is 9.97 Å². The van der Waals surface area contributed by atoms with E-state index in [1.165, 1.54) is 0 Å². The lowest BCUT2D eigenvalue weighted by molar-refractivity contribution is -0.394. The van der Waals surface area contributed by atoms with Crippen molar-refractivity contribution in [2.45, 2.75) is 6.18 Å².